The highest BCUT2D eigenvalue weighted by Crippen LogP contribution is 2.37. The van der Waals surface area contributed by atoms with Gasteiger partial charge in [0.15, 0.2) is 10.00 Å². The minimum atomic E-state index is -0.960. The molecular formula is C21H16N2O4S2. The van der Waals surface area contributed by atoms with Crippen LogP contribution in [-0.4, -0.2) is 28.2 Å². The molecule has 1 aromatic heterocycles. The number of para-hydroxylation sites is 1. The standard InChI is InChI=1S/C21H16N2O4S2/c1-2-27-20(26)16(12-8-4-3-5-9-12)23-19(25)17(29-21(23)28)15-13-10-6-7-11-14(13)22-18(15)24/h3-11,16,25H,2H2,1H3. The SMILES string of the molecule is CCOC(=O)C(c1ccccc1)n1c(O)c(C2=c3ccccc3=NC2=O)sc1=S. The van der Waals surface area contributed by atoms with Crippen LogP contribution in [0.3, 0.4) is 0 Å². The van der Waals surface area contributed by atoms with Crippen LogP contribution in [-0.2, 0) is 14.3 Å². The van der Waals surface area contributed by atoms with Gasteiger partial charge in [-0.25, -0.2) is 9.79 Å². The quantitative estimate of drug-likeness (QED) is 0.503. The number of hydrogen-bond donors (Lipinski definition) is 1. The van der Waals surface area contributed by atoms with Crippen LogP contribution < -0.4 is 10.6 Å². The number of aromatic hydroxyl groups is 1. The highest BCUT2D eigenvalue weighted by molar-refractivity contribution is 7.73. The van der Waals surface area contributed by atoms with Gasteiger partial charge in [-0.1, -0.05) is 48.5 Å². The highest BCUT2D eigenvalue weighted by atomic mass is 32.1. The zero-order chi connectivity index (χ0) is 20.5. The van der Waals surface area contributed by atoms with Gasteiger partial charge in [0.2, 0.25) is 5.88 Å². The van der Waals surface area contributed by atoms with Gasteiger partial charge in [-0.2, -0.15) is 0 Å². The van der Waals surface area contributed by atoms with Crippen molar-refractivity contribution in [3.8, 4) is 5.88 Å². The molecule has 0 fully saturated rings. The van der Waals surface area contributed by atoms with Crippen molar-refractivity contribution in [2.45, 2.75) is 13.0 Å². The number of benzene rings is 2. The Kier molecular flexibility index (Phi) is 5.12. The smallest absolute Gasteiger partial charge is 0.333 e. The fourth-order valence-corrected chi connectivity index (χ4v) is 4.69. The Morgan fingerprint density at radius 1 is 1.21 bits per heavy atom. The lowest BCUT2D eigenvalue weighted by atomic mass is 10.1. The first-order valence-corrected chi connectivity index (χ1v) is 10.1. The second-order valence-corrected chi connectivity index (χ2v) is 7.91. The molecule has 146 valence electrons. The maximum atomic E-state index is 12.8. The van der Waals surface area contributed by atoms with E-state index in [4.69, 9.17) is 17.0 Å². The van der Waals surface area contributed by atoms with E-state index in [9.17, 15) is 14.7 Å². The maximum Gasteiger partial charge on any atom is 0.333 e. The van der Waals surface area contributed by atoms with Gasteiger partial charge < -0.3 is 9.84 Å². The zero-order valence-electron chi connectivity index (χ0n) is 15.4. The number of carbonyl (C=O) groups excluding carboxylic acids is 2. The van der Waals surface area contributed by atoms with Gasteiger partial charge in [0, 0.05) is 5.22 Å². The molecule has 6 nitrogen and oxygen atoms in total. The van der Waals surface area contributed by atoms with Gasteiger partial charge in [0.1, 0.15) is 4.88 Å². The van der Waals surface area contributed by atoms with E-state index in [1.807, 2.05) is 6.07 Å². The second-order valence-electron chi connectivity index (χ2n) is 6.27. The first-order chi connectivity index (χ1) is 14.0. The summed E-state index contributed by atoms with van der Waals surface area (Å²) in [5.41, 5.74) is 0.901. The van der Waals surface area contributed by atoms with Crippen molar-refractivity contribution in [2.75, 3.05) is 6.61 Å². The molecule has 3 aromatic rings. The number of amides is 1. The summed E-state index contributed by atoms with van der Waals surface area (Å²) in [5.74, 6) is -1.24. The second kappa shape index (κ2) is 7.73. The molecule has 0 radical (unpaired) electrons. The van der Waals surface area contributed by atoms with E-state index in [2.05, 4.69) is 4.99 Å². The number of nitrogens with zero attached hydrogens (tertiary/aromatic N) is 2. The maximum absolute atomic E-state index is 12.8. The Morgan fingerprint density at radius 2 is 1.90 bits per heavy atom. The molecule has 4 rings (SSSR count). The number of aromatic nitrogens is 1. The molecule has 0 bridgehead atoms. The fraction of sp³-hybridized carbons (Fsp3) is 0.143. The molecule has 29 heavy (non-hydrogen) atoms. The average molecular weight is 425 g/mol. The molecule has 1 amide bonds. The summed E-state index contributed by atoms with van der Waals surface area (Å²) in [6.45, 7) is 1.90. The molecule has 0 saturated heterocycles. The first kappa shape index (κ1) is 19.2. The molecule has 2 heterocycles. The van der Waals surface area contributed by atoms with Crippen LogP contribution >= 0.6 is 23.6 Å². The lowest BCUT2D eigenvalue weighted by molar-refractivity contribution is -0.145. The number of esters is 1. The van der Waals surface area contributed by atoms with Crippen LogP contribution in [0, 0.1) is 3.95 Å². The number of rotatable bonds is 5. The van der Waals surface area contributed by atoms with Gasteiger partial charge >= 0.3 is 5.97 Å². The van der Waals surface area contributed by atoms with Crippen LogP contribution in [0.4, 0.5) is 0 Å². The number of thiazole rings is 1. The summed E-state index contributed by atoms with van der Waals surface area (Å²) in [6, 6.07) is 15.1. The Balaban J connectivity index is 1.94. The predicted molar refractivity (Wildman–Crippen MR) is 111 cm³/mol. The van der Waals surface area contributed by atoms with E-state index in [0.29, 0.717) is 21.0 Å². The van der Waals surface area contributed by atoms with Crippen LogP contribution in [0.25, 0.3) is 5.57 Å². The normalized spacial score (nSPS) is 13.7. The number of hydrogen-bond acceptors (Lipinski definition) is 6. The summed E-state index contributed by atoms with van der Waals surface area (Å²) in [5, 5.41) is 12.2. The van der Waals surface area contributed by atoms with Gasteiger partial charge in [0.05, 0.1) is 17.5 Å². The first-order valence-electron chi connectivity index (χ1n) is 8.91. The van der Waals surface area contributed by atoms with Gasteiger partial charge in [-0.15, -0.1) is 11.3 Å². The van der Waals surface area contributed by atoms with Crippen molar-refractivity contribution in [2.24, 2.45) is 4.99 Å². The fourth-order valence-electron chi connectivity index (χ4n) is 3.30. The summed E-state index contributed by atoms with van der Waals surface area (Å²) < 4.78 is 6.82. The van der Waals surface area contributed by atoms with Crippen LogP contribution in [0.2, 0.25) is 0 Å². The molecule has 8 heteroatoms. The van der Waals surface area contributed by atoms with E-state index in [1.165, 1.54) is 4.57 Å². The van der Waals surface area contributed by atoms with Crippen LogP contribution in [0.15, 0.2) is 59.6 Å². The molecule has 0 saturated carbocycles. The number of carbonyl (C=O) groups is 2. The molecule has 1 atom stereocenters. The number of fused-ring (bicyclic) bond motifs is 1. The minimum absolute atomic E-state index is 0.190. The summed E-state index contributed by atoms with van der Waals surface area (Å²) in [6.07, 6.45) is 0. The van der Waals surface area contributed by atoms with Crippen molar-refractivity contribution < 1.29 is 19.4 Å². The summed E-state index contributed by atoms with van der Waals surface area (Å²) >= 11 is 6.54. The van der Waals surface area contributed by atoms with E-state index in [1.54, 1.807) is 55.5 Å². The zero-order valence-corrected chi connectivity index (χ0v) is 17.0. The van der Waals surface area contributed by atoms with E-state index in [-0.39, 0.29) is 22.0 Å². The van der Waals surface area contributed by atoms with Crippen molar-refractivity contribution in [1.82, 2.24) is 4.57 Å². The Labute approximate surface area is 175 Å². The van der Waals surface area contributed by atoms with Gasteiger partial charge in [0.25, 0.3) is 5.91 Å². The molecule has 1 aliphatic rings. The third-order valence-corrected chi connectivity index (χ3v) is 5.95. The largest absolute Gasteiger partial charge is 0.493 e. The van der Waals surface area contributed by atoms with Crippen molar-refractivity contribution in [3.63, 3.8) is 0 Å². The van der Waals surface area contributed by atoms with Gasteiger partial charge in [-0.3, -0.25) is 9.36 Å². The monoisotopic (exact) mass is 424 g/mol. The Hall–Kier alpha value is -3.10. The van der Waals surface area contributed by atoms with Gasteiger partial charge in [-0.05, 0) is 30.8 Å². The molecule has 2 aromatic carbocycles. The third kappa shape index (κ3) is 3.30. The molecule has 0 spiro atoms. The third-order valence-electron chi connectivity index (χ3n) is 4.54. The van der Waals surface area contributed by atoms with E-state index >= 15 is 0 Å². The van der Waals surface area contributed by atoms with E-state index < -0.39 is 17.9 Å². The predicted octanol–water partition coefficient (Wildman–Crippen LogP) is 2.50. The van der Waals surface area contributed by atoms with Crippen molar-refractivity contribution in [1.29, 1.82) is 0 Å². The topological polar surface area (TPSA) is 80.9 Å². The molecule has 1 N–H and O–H groups in total. The average Bonchev–Trinajstić information content (AvgIpc) is 3.19. The van der Waals surface area contributed by atoms with Crippen LogP contribution in [0.1, 0.15) is 23.4 Å². The summed E-state index contributed by atoms with van der Waals surface area (Å²) in [7, 11) is 0. The lowest BCUT2D eigenvalue weighted by Crippen LogP contribution is -2.23. The number of ether oxygens (including phenoxy) is 1. The molecule has 1 unspecified atom stereocenters. The molecule has 1 aliphatic heterocycles. The minimum Gasteiger partial charge on any atom is -0.493 e. The Bertz CT molecular complexity index is 1290. The molecular weight excluding hydrogens is 408 g/mol. The van der Waals surface area contributed by atoms with Crippen molar-refractivity contribution in [3.05, 3.63) is 79.6 Å². The summed E-state index contributed by atoms with van der Waals surface area (Å²) in [4.78, 5) is 29.6. The lowest BCUT2D eigenvalue weighted by Gasteiger charge is -2.18. The Morgan fingerprint density at radius 3 is 2.62 bits per heavy atom. The van der Waals surface area contributed by atoms with Crippen LogP contribution in [0.5, 0.6) is 5.88 Å². The van der Waals surface area contributed by atoms with Crippen molar-refractivity contribution >= 4 is 41.0 Å². The highest BCUT2D eigenvalue weighted by Gasteiger charge is 2.32. The van der Waals surface area contributed by atoms with E-state index in [0.717, 1.165) is 11.3 Å². The molecule has 0 aliphatic carbocycles.